The smallest absolute Gasteiger partial charge is 0.337 e. The number of carbonyl (C=O) groups excluding carboxylic acids is 1. The van der Waals surface area contributed by atoms with E-state index in [0.717, 1.165) is 4.47 Å². The molecular formula is C14H10BrNO5. The summed E-state index contributed by atoms with van der Waals surface area (Å²) in [4.78, 5) is 21.9. The number of carbonyl (C=O) groups is 1. The summed E-state index contributed by atoms with van der Waals surface area (Å²) < 4.78 is 10.9. The van der Waals surface area contributed by atoms with Crippen molar-refractivity contribution in [2.24, 2.45) is 0 Å². The maximum Gasteiger partial charge on any atom is 0.337 e. The van der Waals surface area contributed by atoms with Gasteiger partial charge in [-0.3, -0.25) is 10.1 Å². The highest BCUT2D eigenvalue weighted by molar-refractivity contribution is 9.10. The number of nitrogens with zero attached hydrogens (tertiary/aromatic N) is 1. The van der Waals surface area contributed by atoms with Crippen LogP contribution in [0.15, 0.2) is 46.9 Å². The third-order valence-corrected chi connectivity index (χ3v) is 3.15. The summed E-state index contributed by atoms with van der Waals surface area (Å²) >= 11 is 3.28. The van der Waals surface area contributed by atoms with Crippen LogP contribution in [0.4, 0.5) is 5.69 Å². The third-order valence-electron chi connectivity index (χ3n) is 2.62. The molecule has 2 rings (SSSR count). The summed E-state index contributed by atoms with van der Waals surface area (Å²) in [7, 11) is 1.24. The number of hydrogen-bond acceptors (Lipinski definition) is 5. The van der Waals surface area contributed by atoms with Crippen molar-refractivity contribution in [2.45, 2.75) is 0 Å². The monoisotopic (exact) mass is 351 g/mol. The molecule has 0 N–H and O–H groups in total. The fourth-order valence-corrected chi connectivity index (χ4v) is 1.89. The van der Waals surface area contributed by atoms with Gasteiger partial charge in [-0.2, -0.15) is 0 Å². The maximum absolute atomic E-state index is 11.5. The van der Waals surface area contributed by atoms with Crippen molar-refractivity contribution in [3.63, 3.8) is 0 Å². The number of ether oxygens (including phenoxy) is 2. The van der Waals surface area contributed by atoms with Gasteiger partial charge in [0.25, 0.3) is 0 Å². The molecule has 0 aliphatic heterocycles. The summed E-state index contributed by atoms with van der Waals surface area (Å²) in [5, 5.41) is 11.0. The molecule has 0 aromatic heterocycles. The second-order valence-electron chi connectivity index (χ2n) is 3.99. The lowest BCUT2D eigenvalue weighted by Gasteiger charge is -2.08. The highest BCUT2D eigenvalue weighted by Gasteiger charge is 2.19. The Morgan fingerprint density at radius 3 is 2.43 bits per heavy atom. The highest BCUT2D eigenvalue weighted by Crippen LogP contribution is 2.32. The molecule has 0 saturated carbocycles. The van der Waals surface area contributed by atoms with Gasteiger partial charge in [-0.05, 0) is 30.3 Å². The SMILES string of the molecule is COC(=O)c1ccc([N+](=O)[O-])c(Oc2ccc(Br)cc2)c1. The topological polar surface area (TPSA) is 78.7 Å². The van der Waals surface area contributed by atoms with E-state index in [1.165, 1.54) is 25.3 Å². The molecule has 0 aliphatic rings. The molecule has 0 saturated heterocycles. The van der Waals surface area contributed by atoms with E-state index in [-0.39, 0.29) is 17.0 Å². The average molecular weight is 352 g/mol. The van der Waals surface area contributed by atoms with Crippen LogP contribution >= 0.6 is 15.9 Å². The van der Waals surface area contributed by atoms with Crippen LogP contribution in [0, 0.1) is 10.1 Å². The number of methoxy groups -OCH3 is 1. The van der Waals surface area contributed by atoms with Crippen molar-refractivity contribution >= 4 is 27.6 Å². The van der Waals surface area contributed by atoms with Crippen molar-refractivity contribution < 1.29 is 19.2 Å². The average Bonchev–Trinajstić information content (AvgIpc) is 2.48. The first kappa shape index (κ1) is 15.0. The number of nitro groups is 1. The van der Waals surface area contributed by atoms with Crippen LogP contribution in [0.25, 0.3) is 0 Å². The number of halogens is 1. The molecule has 0 amide bonds. The Kier molecular flexibility index (Phi) is 4.54. The summed E-state index contributed by atoms with van der Waals surface area (Å²) in [5.74, 6) is -0.195. The predicted molar refractivity (Wildman–Crippen MR) is 78.7 cm³/mol. The van der Waals surface area contributed by atoms with E-state index in [1.54, 1.807) is 24.3 Å². The zero-order chi connectivity index (χ0) is 15.4. The number of nitro benzene ring substituents is 1. The number of esters is 1. The van der Waals surface area contributed by atoms with E-state index in [2.05, 4.69) is 20.7 Å². The number of benzene rings is 2. The molecule has 6 nitrogen and oxygen atoms in total. The standard InChI is InChI=1S/C14H10BrNO5/c1-20-14(17)9-2-7-12(16(18)19)13(8-9)21-11-5-3-10(15)4-6-11/h2-8H,1H3. The molecule has 0 atom stereocenters. The molecule has 0 radical (unpaired) electrons. The Labute approximate surface area is 128 Å². The highest BCUT2D eigenvalue weighted by atomic mass is 79.9. The van der Waals surface area contributed by atoms with Gasteiger partial charge < -0.3 is 9.47 Å². The van der Waals surface area contributed by atoms with E-state index in [0.29, 0.717) is 5.75 Å². The summed E-state index contributed by atoms with van der Waals surface area (Å²) in [6, 6.07) is 10.6. The van der Waals surface area contributed by atoms with E-state index in [9.17, 15) is 14.9 Å². The predicted octanol–water partition coefficient (Wildman–Crippen LogP) is 3.94. The van der Waals surface area contributed by atoms with Gasteiger partial charge in [-0.15, -0.1) is 0 Å². The lowest BCUT2D eigenvalue weighted by Crippen LogP contribution is -2.02. The molecule has 0 unspecified atom stereocenters. The van der Waals surface area contributed by atoms with Crippen molar-refractivity contribution in [1.82, 2.24) is 0 Å². The van der Waals surface area contributed by atoms with Gasteiger partial charge >= 0.3 is 11.7 Å². The molecular weight excluding hydrogens is 342 g/mol. The molecule has 2 aromatic carbocycles. The molecule has 7 heteroatoms. The Hall–Kier alpha value is -2.41. The van der Waals surface area contributed by atoms with Crippen molar-refractivity contribution in [1.29, 1.82) is 0 Å². The lowest BCUT2D eigenvalue weighted by atomic mass is 10.2. The van der Waals surface area contributed by atoms with E-state index in [1.807, 2.05) is 0 Å². The lowest BCUT2D eigenvalue weighted by molar-refractivity contribution is -0.385. The molecule has 0 bridgehead atoms. The Balaban J connectivity index is 2.40. The van der Waals surface area contributed by atoms with Gasteiger partial charge in [0.1, 0.15) is 5.75 Å². The molecule has 108 valence electrons. The molecule has 2 aromatic rings. The Morgan fingerprint density at radius 2 is 1.86 bits per heavy atom. The van der Waals surface area contributed by atoms with Crippen molar-refractivity contribution in [2.75, 3.05) is 7.11 Å². The molecule has 0 spiro atoms. The summed E-state index contributed by atoms with van der Waals surface area (Å²) in [6.45, 7) is 0. The van der Waals surface area contributed by atoms with Gasteiger partial charge in [-0.25, -0.2) is 4.79 Å². The minimum absolute atomic E-state index is 0.0229. The summed E-state index contributed by atoms with van der Waals surface area (Å²) in [6.07, 6.45) is 0. The normalized spacial score (nSPS) is 10.0. The van der Waals surface area contributed by atoms with Gasteiger partial charge in [0.05, 0.1) is 17.6 Å². The van der Waals surface area contributed by atoms with Gasteiger partial charge in [0, 0.05) is 16.6 Å². The van der Waals surface area contributed by atoms with Gasteiger partial charge in [-0.1, -0.05) is 15.9 Å². The molecule has 21 heavy (non-hydrogen) atoms. The van der Waals surface area contributed by atoms with Crippen LogP contribution in [0.2, 0.25) is 0 Å². The second-order valence-corrected chi connectivity index (χ2v) is 4.90. The quantitative estimate of drug-likeness (QED) is 0.473. The maximum atomic E-state index is 11.5. The van der Waals surface area contributed by atoms with Gasteiger partial charge in [0.2, 0.25) is 5.75 Å². The van der Waals surface area contributed by atoms with E-state index < -0.39 is 10.9 Å². The minimum atomic E-state index is -0.592. The van der Waals surface area contributed by atoms with Gasteiger partial charge in [0.15, 0.2) is 0 Å². The minimum Gasteiger partial charge on any atom is -0.465 e. The van der Waals surface area contributed by atoms with Crippen molar-refractivity contribution in [3.05, 3.63) is 62.6 Å². The van der Waals surface area contributed by atoms with E-state index >= 15 is 0 Å². The van der Waals surface area contributed by atoms with Crippen LogP contribution < -0.4 is 4.74 Å². The second kappa shape index (κ2) is 6.36. The Morgan fingerprint density at radius 1 is 1.19 bits per heavy atom. The first-order valence-corrected chi connectivity index (χ1v) is 6.60. The van der Waals surface area contributed by atoms with Crippen LogP contribution in [-0.2, 0) is 4.74 Å². The number of hydrogen-bond donors (Lipinski definition) is 0. The fourth-order valence-electron chi connectivity index (χ4n) is 1.62. The van der Waals surface area contributed by atoms with Crippen molar-refractivity contribution in [3.8, 4) is 11.5 Å². The molecule has 0 aliphatic carbocycles. The zero-order valence-electron chi connectivity index (χ0n) is 10.9. The third kappa shape index (κ3) is 3.57. The number of rotatable bonds is 4. The molecule has 0 fully saturated rings. The zero-order valence-corrected chi connectivity index (χ0v) is 12.5. The first-order chi connectivity index (χ1) is 10.0. The van der Waals surface area contributed by atoms with E-state index in [4.69, 9.17) is 4.74 Å². The van der Waals surface area contributed by atoms with Crippen LogP contribution in [0.5, 0.6) is 11.5 Å². The fraction of sp³-hybridized carbons (Fsp3) is 0.0714. The van der Waals surface area contributed by atoms with Crippen LogP contribution in [0.3, 0.4) is 0 Å². The Bertz CT molecular complexity index is 684. The summed E-state index contributed by atoms with van der Waals surface area (Å²) in [5.41, 5.74) is -0.0548. The van der Waals surface area contributed by atoms with Crippen LogP contribution in [-0.4, -0.2) is 18.0 Å². The first-order valence-electron chi connectivity index (χ1n) is 5.81. The molecule has 0 heterocycles. The van der Waals surface area contributed by atoms with Crippen LogP contribution in [0.1, 0.15) is 10.4 Å². The largest absolute Gasteiger partial charge is 0.465 e.